The van der Waals surface area contributed by atoms with Crippen molar-refractivity contribution in [3.05, 3.63) is 76.8 Å². The number of fused-ring (bicyclic) bond motifs is 1. The Bertz CT molecular complexity index is 1360. The fourth-order valence-electron chi connectivity index (χ4n) is 5.86. The highest BCUT2D eigenvalue weighted by atomic mass is 35.5. The maximum absolute atomic E-state index is 15.2. The molecule has 2 fully saturated rings. The third-order valence-corrected chi connectivity index (χ3v) is 8.78. The van der Waals surface area contributed by atoms with E-state index in [4.69, 9.17) is 16.3 Å². The molecule has 2 aliphatic heterocycles. The number of likely N-dealkylation sites (tertiary alicyclic amines) is 2. The number of aliphatic hydroxyl groups is 1. The fourth-order valence-corrected chi connectivity index (χ4v) is 6.10. The lowest BCUT2D eigenvalue weighted by molar-refractivity contribution is -0.148. The molecule has 0 aliphatic carbocycles. The van der Waals surface area contributed by atoms with E-state index in [2.05, 4.69) is 22.2 Å². The number of benzene rings is 3. The summed E-state index contributed by atoms with van der Waals surface area (Å²) in [6.07, 6.45) is 2.06. The molecular weight excluding hydrogens is 560 g/mol. The Morgan fingerprint density at radius 1 is 1.05 bits per heavy atom. The summed E-state index contributed by atoms with van der Waals surface area (Å²) in [5.41, 5.74) is 1.19. The second-order valence-corrected chi connectivity index (χ2v) is 12.1. The Kier molecular flexibility index (Phi) is 9.99. The van der Waals surface area contributed by atoms with Crippen LogP contribution >= 0.6 is 11.6 Å². The topological polar surface area (TPSA) is 65.0 Å². The number of hydrogen-bond donors (Lipinski definition) is 2. The largest absolute Gasteiger partial charge is 0.489 e. The molecule has 0 radical (unpaired) electrons. The van der Waals surface area contributed by atoms with Gasteiger partial charge in [0.1, 0.15) is 18.0 Å². The van der Waals surface area contributed by atoms with Gasteiger partial charge in [-0.05, 0) is 86.3 Å². The average molecular weight is 600 g/mol. The van der Waals surface area contributed by atoms with Crippen molar-refractivity contribution in [1.29, 1.82) is 0 Å². The van der Waals surface area contributed by atoms with Gasteiger partial charge in [0.15, 0.2) is 0 Å². The first-order valence-electron chi connectivity index (χ1n) is 14.9. The Balaban J connectivity index is 1.25. The molecule has 0 bridgehead atoms. The summed E-state index contributed by atoms with van der Waals surface area (Å²) in [6.45, 7) is 3.75. The molecule has 0 aromatic heterocycles. The fraction of sp³-hybridized carbons (Fsp3) is 0.485. The van der Waals surface area contributed by atoms with E-state index in [9.17, 15) is 9.90 Å². The summed E-state index contributed by atoms with van der Waals surface area (Å²) in [6, 6.07) is 17.4. The Morgan fingerprint density at radius 2 is 1.76 bits per heavy atom. The van der Waals surface area contributed by atoms with Gasteiger partial charge in [0.05, 0.1) is 11.1 Å². The molecule has 0 saturated carbocycles. The lowest BCUT2D eigenvalue weighted by Crippen LogP contribution is -2.51. The number of amides is 1. The van der Waals surface area contributed by atoms with Gasteiger partial charge in [0.2, 0.25) is 0 Å². The molecule has 2 unspecified atom stereocenters. The molecule has 0 spiro atoms. The van der Waals surface area contributed by atoms with Crippen LogP contribution in [0.3, 0.4) is 0 Å². The molecule has 2 aliphatic rings. The van der Waals surface area contributed by atoms with Crippen LogP contribution in [0.5, 0.6) is 5.75 Å². The van der Waals surface area contributed by atoms with Crippen LogP contribution in [0.15, 0.2) is 60.7 Å². The number of nitrogens with zero attached hydrogens (tertiary/aromatic N) is 2. The Morgan fingerprint density at radius 3 is 2.48 bits per heavy atom. The minimum Gasteiger partial charge on any atom is -0.489 e. The highest BCUT2D eigenvalue weighted by Gasteiger charge is 2.41. The molecule has 2 heterocycles. The van der Waals surface area contributed by atoms with Gasteiger partial charge in [0, 0.05) is 26.1 Å². The second-order valence-electron chi connectivity index (χ2n) is 11.7. The molecule has 9 heteroatoms. The smallest absolute Gasteiger partial charge is 0.324 e. The van der Waals surface area contributed by atoms with E-state index in [0.717, 1.165) is 68.2 Å². The van der Waals surface area contributed by atoms with E-state index in [1.54, 1.807) is 18.2 Å². The summed E-state index contributed by atoms with van der Waals surface area (Å²) < 4.78 is 36.5. The summed E-state index contributed by atoms with van der Waals surface area (Å²) in [5, 5.41) is 16.2. The van der Waals surface area contributed by atoms with Crippen molar-refractivity contribution in [1.82, 2.24) is 15.1 Å². The summed E-state index contributed by atoms with van der Waals surface area (Å²) in [4.78, 5) is 17.3. The zero-order valence-electron chi connectivity index (χ0n) is 24.1. The van der Waals surface area contributed by atoms with Crippen LogP contribution in [0.2, 0.25) is 5.02 Å². The SMILES string of the molecule is CN1CCC(Oc2ccc(C(O)C(CN3CCCC3)NC(=O)C(F)(F)CCc3ccc4ccccc4c3)cc2Cl)CC1. The van der Waals surface area contributed by atoms with Crippen LogP contribution in [0.25, 0.3) is 10.8 Å². The summed E-state index contributed by atoms with van der Waals surface area (Å²) >= 11 is 6.55. The lowest BCUT2D eigenvalue weighted by atomic mass is 9.99. The Labute approximate surface area is 251 Å². The molecule has 226 valence electrons. The first-order chi connectivity index (χ1) is 20.2. The van der Waals surface area contributed by atoms with Gasteiger partial charge < -0.3 is 25.0 Å². The first-order valence-corrected chi connectivity index (χ1v) is 15.3. The number of carbonyl (C=O) groups excluding carboxylic acids is 1. The van der Waals surface area contributed by atoms with Crippen LogP contribution in [-0.4, -0.2) is 78.7 Å². The molecule has 5 rings (SSSR count). The highest BCUT2D eigenvalue weighted by Crippen LogP contribution is 2.32. The van der Waals surface area contributed by atoms with E-state index in [0.29, 0.717) is 16.3 Å². The number of carbonyl (C=O) groups is 1. The van der Waals surface area contributed by atoms with Crippen LogP contribution < -0.4 is 10.1 Å². The lowest BCUT2D eigenvalue weighted by Gasteiger charge is -2.31. The molecule has 3 aromatic carbocycles. The third kappa shape index (κ3) is 7.78. The number of aryl methyl sites for hydroxylation is 1. The highest BCUT2D eigenvalue weighted by molar-refractivity contribution is 6.32. The minimum absolute atomic E-state index is 0.0545. The average Bonchev–Trinajstić information content (AvgIpc) is 3.50. The van der Waals surface area contributed by atoms with Gasteiger partial charge in [-0.1, -0.05) is 60.1 Å². The Hall–Kier alpha value is -2.78. The van der Waals surface area contributed by atoms with Crippen LogP contribution in [0.4, 0.5) is 8.78 Å². The van der Waals surface area contributed by atoms with Crippen molar-refractivity contribution in [3.8, 4) is 5.75 Å². The van der Waals surface area contributed by atoms with Crippen molar-refractivity contribution in [2.24, 2.45) is 0 Å². The number of ether oxygens (including phenoxy) is 1. The molecule has 6 nitrogen and oxygen atoms in total. The van der Waals surface area contributed by atoms with Gasteiger partial charge >= 0.3 is 5.92 Å². The van der Waals surface area contributed by atoms with Crippen LogP contribution in [0, 0.1) is 0 Å². The molecule has 2 saturated heterocycles. The predicted octanol–water partition coefficient (Wildman–Crippen LogP) is 5.85. The van der Waals surface area contributed by atoms with Crippen molar-refractivity contribution in [2.45, 2.75) is 62.7 Å². The van der Waals surface area contributed by atoms with Gasteiger partial charge in [-0.25, -0.2) is 0 Å². The molecular formula is C33H40ClF2N3O3. The minimum atomic E-state index is -3.60. The zero-order chi connectivity index (χ0) is 29.7. The number of piperidine rings is 1. The molecule has 1 amide bonds. The summed E-state index contributed by atoms with van der Waals surface area (Å²) in [5.74, 6) is -4.44. The van der Waals surface area contributed by atoms with Crippen molar-refractivity contribution < 1.29 is 23.4 Å². The quantitative estimate of drug-likeness (QED) is 0.290. The van der Waals surface area contributed by atoms with E-state index < -0.39 is 30.4 Å². The van der Waals surface area contributed by atoms with Crippen LogP contribution in [0.1, 0.15) is 49.3 Å². The van der Waals surface area contributed by atoms with Crippen LogP contribution in [-0.2, 0) is 11.2 Å². The summed E-state index contributed by atoms with van der Waals surface area (Å²) in [7, 11) is 2.08. The predicted molar refractivity (Wildman–Crippen MR) is 162 cm³/mol. The maximum Gasteiger partial charge on any atom is 0.324 e. The van der Waals surface area contributed by atoms with Crippen molar-refractivity contribution in [2.75, 3.05) is 39.8 Å². The van der Waals surface area contributed by atoms with Gasteiger partial charge in [-0.15, -0.1) is 0 Å². The normalized spacial score (nSPS) is 18.7. The molecule has 2 atom stereocenters. The second kappa shape index (κ2) is 13.7. The maximum atomic E-state index is 15.2. The van der Waals surface area contributed by atoms with E-state index >= 15 is 8.78 Å². The molecule has 3 aromatic rings. The first kappa shape index (κ1) is 30.7. The zero-order valence-corrected chi connectivity index (χ0v) is 24.8. The number of rotatable bonds is 11. The van der Waals surface area contributed by atoms with E-state index in [1.165, 1.54) is 0 Å². The molecule has 42 heavy (non-hydrogen) atoms. The third-order valence-electron chi connectivity index (χ3n) is 8.48. The number of hydrogen-bond acceptors (Lipinski definition) is 5. The van der Waals surface area contributed by atoms with Crippen molar-refractivity contribution >= 4 is 28.3 Å². The number of nitrogens with one attached hydrogen (secondary N) is 1. The van der Waals surface area contributed by atoms with Gasteiger partial charge in [-0.2, -0.15) is 8.78 Å². The molecule has 2 N–H and O–H groups in total. The van der Waals surface area contributed by atoms with Crippen molar-refractivity contribution in [3.63, 3.8) is 0 Å². The number of aliphatic hydroxyl groups excluding tert-OH is 1. The number of halogens is 3. The van der Waals surface area contributed by atoms with E-state index in [-0.39, 0.29) is 19.1 Å². The van der Waals surface area contributed by atoms with E-state index in [1.807, 2.05) is 42.5 Å². The standard InChI is InChI=1S/C33H40ClF2N3O3/c1-38-18-13-27(14-19-38)42-30-11-10-26(21-28(30)34)31(40)29(22-39-16-4-5-17-39)37-32(41)33(35,36)15-12-23-8-9-24-6-2-3-7-25(24)20-23/h2-3,6-11,20-21,27,29,31,40H,4-5,12-19,22H2,1H3,(H,37,41). The van der Waals surface area contributed by atoms with Gasteiger partial charge in [0.25, 0.3) is 5.91 Å². The number of alkyl halides is 2. The monoisotopic (exact) mass is 599 g/mol. The van der Waals surface area contributed by atoms with Gasteiger partial charge in [-0.3, -0.25) is 4.79 Å².